The highest BCUT2D eigenvalue weighted by Gasteiger charge is 2.28. The molecule has 0 bridgehead atoms. The number of rotatable bonds is 5. The van der Waals surface area contributed by atoms with Crippen molar-refractivity contribution >= 4 is 17.3 Å². The largest absolute Gasteiger partial charge is 0.482 e. The molecule has 1 aromatic carbocycles. The van der Waals surface area contributed by atoms with E-state index in [1.54, 1.807) is 12.3 Å². The van der Waals surface area contributed by atoms with Crippen LogP contribution in [-0.2, 0) is 0 Å². The predicted molar refractivity (Wildman–Crippen MR) is 137 cm³/mol. The predicted octanol–water partition coefficient (Wildman–Crippen LogP) is 5.49. The first-order chi connectivity index (χ1) is 17.3. The number of pyridine rings is 1. The smallest absolute Gasteiger partial charge is 0.227 e. The van der Waals surface area contributed by atoms with Crippen molar-refractivity contribution in [1.82, 2.24) is 19.9 Å². The van der Waals surface area contributed by atoms with Crippen LogP contribution in [0.5, 0.6) is 5.75 Å². The normalized spacial score (nSPS) is 16.7. The molecule has 2 aliphatic heterocycles. The van der Waals surface area contributed by atoms with E-state index >= 15 is 0 Å². The molecule has 36 heavy (non-hydrogen) atoms. The van der Waals surface area contributed by atoms with Crippen molar-refractivity contribution in [3.63, 3.8) is 0 Å². The molecule has 0 amide bonds. The van der Waals surface area contributed by atoms with Crippen molar-refractivity contribution in [2.45, 2.75) is 38.6 Å². The average molecular weight is 493 g/mol. The molecule has 2 aromatic heterocycles. The Labute approximate surface area is 209 Å². The summed E-state index contributed by atoms with van der Waals surface area (Å²) in [5, 5.41) is 3.09. The van der Waals surface area contributed by atoms with Gasteiger partial charge in [0.05, 0.1) is 23.8 Å². The van der Waals surface area contributed by atoms with E-state index in [-0.39, 0.29) is 35.6 Å². The van der Waals surface area contributed by atoms with E-state index in [2.05, 4.69) is 38.8 Å². The highest BCUT2D eigenvalue weighted by atomic mass is 19.1. The maximum atomic E-state index is 15.0. The van der Waals surface area contributed by atoms with Crippen LogP contribution in [0.1, 0.15) is 38.3 Å². The summed E-state index contributed by atoms with van der Waals surface area (Å²) in [5.74, 6) is -0.458. The SMILES string of the molecule is C=C1COc2c(F)cc(-c3nc(Nc4ccc(C5CCN(C)CC5)nc4)ncc3F)cc2N1C(C)C. The van der Waals surface area contributed by atoms with Crippen LogP contribution in [0.2, 0.25) is 0 Å². The van der Waals surface area contributed by atoms with Gasteiger partial charge in [-0.05, 0) is 71.1 Å². The number of hydrogen-bond donors (Lipinski definition) is 1. The molecule has 1 fully saturated rings. The number of anilines is 3. The van der Waals surface area contributed by atoms with Crippen LogP contribution in [0.25, 0.3) is 11.3 Å². The Morgan fingerprint density at radius 2 is 1.86 bits per heavy atom. The summed E-state index contributed by atoms with van der Waals surface area (Å²) in [4.78, 5) is 17.3. The van der Waals surface area contributed by atoms with Crippen LogP contribution in [0.3, 0.4) is 0 Å². The van der Waals surface area contributed by atoms with Gasteiger partial charge < -0.3 is 19.9 Å². The average Bonchev–Trinajstić information content (AvgIpc) is 2.85. The van der Waals surface area contributed by atoms with Crippen LogP contribution in [0.4, 0.5) is 26.1 Å². The van der Waals surface area contributed by atoms with E-state index < -0.39 is 11.6 Å². The highest BCUT2D eigenvalue weighted by Crippen LogP contribution is 2.41. The zero-order valence-corrected chi connectivity index (χ0v) is 20.8. The second-order valence-electron chi connectivity index (χ2n) is 9.69. The molecule has 0 saturated carbocycles. The molecule has 3 aromatic rings. The lowest BCUT2D eigenvalue weighted by atomic mass is 9.93. The summed E-state index contributed by atoms with van der Waals surface area (Å²) in [6, 6.07) is 6.87. The Morgan fingerprint density at radius 1 is 1.08 bits per heavy atom. The molecule has 4 heterocycles. The highest BCUT2D eigenvalue weighted by molar-refractivity contribution is 5.74. The summed E-state index contributed by atoms with van der Waals surface area (Å²) in [5.41, 5.74) is 3.24. The molecule has 9 heteroatoms. The van der Waals surface area contributed by atoms with E-state index in [0.29, 0.717) is 23.0 Å². The van der Waals surface area contributed by atoms with Crippen LogP contribution in [0.15, 0.2) is 48.9 Å². The number of likely N-dealkylation sites (tertiary alicyclic amines) is 1. The molecular weight excluding hydrogens is 462 g/mol. The maximum absolute atomic E-state index is 15.0. The van der Waals surface area contributed by atoms with E-state index in [1.807, 2.05) is 30.9 Å². The Balaban J connectivity index is 1.41. The number of fused-ring (bicyclic) bond motifs is 1. The van der Waals surface area contributed by atoms with E-state index in [0.717, 1.165) is 37.8 Å². The van der Waals surface area contributed by atoms with Gasteiger partial charge in [-0.2, -0.15) is 0 Å². The zero-order valence-electron chi connectivity index (χ0n) is 20.8. The number of nitrogens with zero attached hydrogens (tertiary/aromatic N) is 5. The van der Waals surface area contributed by atoms with Crippen molar-refractivity contribution in [3.05, 3.63) is 66.3 Å². The third kappa shape index (κ3) is 4.75. The molecule has 0 unspecified atom stereocenters. The number of benzene rings is 1. The number of hydrogen-bond acceptors (Lipinski definition) is 7. The van der Waals surface area contributed by atoms with Gasteiger partial charge in [0.15, 0.2) is 17.4 Å². The topological polar surface area (TPSA) is 66.4 Å². The first-order valence-electron chi connectivity index (χ1n) is 12.2. The Kier molecular flexibility index (Phi) is 6.57. The van der Waals surface area contributed by atoms with Crippen LogP contribution in [0, 0.1) is 11.6 Å². The molecule has 0 aliphatic carbocycles. The fraction of sp³-hybridized carbons (Fsp3) is 0.370. The third-order valence-corrected chi connectivity index (χ3v) is 6.72. The molecular formula is C27H30F2N6O. The monoisotopic (exact) mass is 492 g/mol. The van der Waals surface area contributed by atoms with Gasteiger partial charge in [0, 0.05) is 28.9 Å². The molecule has 0 atom stereocenters. The van der Waals surface area contributed by atoms with Gasteiger partial charge in [-0.1, -0.05) is 6.58 Å². The number of ether oxygens (including phenoxy) is 1. The van der Waals surface area contributed by atoms with Crippen LogP contribution in [-0.4, -0.2) is 52.6 Å². The van der Waals surface area contributed by atoms with Crippen molar-refractivity contribution in [2.75, 3.05) is 37.0 Å². The molecule has 7 nitrogen and oxygen atoms in total. The zero-order chi connectivity index (χ0) is 25.4. The van der Waals surface area contributed by atoms with Gasteiger partial charge in [0.2, 0.25) is 5.95 Å². The fourth-order valence-corrected chi connectivity index (χ4v) is 4.86. The number of halogens is 2. The van der Waals surface area contributed by atoms with Gasteiger partial charge >= 0.3 is 0 Å². The minimum atomic E-state index is -0.651. The standard InChI is InChI=1S/C27H30F2N6O/c1-16(2)35-17(3)15-36-26-21(28)11-19(12-24(26)35)25-22(29)14-31-27(33-25)32-20-5-6-23(30-13-20)18-7-9-34(4)10-8-18/h5-6,11-14,16,18H,3,7-10,15H2,1-2,4H3,(H,31,32,33). The summed E-state index contributed by atoms with van der Waals surface area (Å²) in [6.45, 7) is 10.3. The molecule has 5 rings (SSSR count). The van der Waals surface area contributed by atoms with E-state index in [1.165, 1.54) is 6.07 Å². The minimum absolute atomic E-state index is 0.00926. The second-order valence-corrected chi connectivity index (χ2v) is 9.69. The quantitative estimate of drug-likeness (QED) is 0.505. The lowest BCUT2D eigenvalue weighted by molar-refractivity contribution is 0.253. The van der Waals surface area contributed by atoms with Crippen molar-refractivity contribution in [1.29, 1.82) is 0 Å². The van der Waals surface area contributed by atoms with Crippen LogP contribution >= 0.6 is 0 Å². The molecule has 1 saturated heterocycles. The first-order valence-corrected chi connectivity index (χ1v) is 12.2. The summed E-state index contributed by atoms with van der Waals surface area (Å²) in [6.07, 6.45) is 5.00. The van der Waals surface area contributed by atoms with E-state index in [4.69, 9.17) is 4.74 Å². The molecule has 1 N–H and O–H groups in total. The number of aromatic nitrogens is 3. The Morgan fingerprint density at radius 3 is 2.56 bits per heavy atom. The van der Waals surface area contributed by atoms with E-state index in [9.17, 15) is 8.78 Å². The third-order valence-electron chi connectivity index (χ3n) is 6.72. The fourth-order valence-electron chi connectivity index (χ4n) is 4.86. The second kappa shape index (κ2) is 9.81. The number of nitrogens with one attached hydrogen (secondary N) is 1. The van der Waals surface area contributed by atoms with Gasteiger partial charge in [0.1, 0.15) is 12.3 Å². The molecule has 2 aliphatic rings. The lowest BCUT2D eigenvalue weighted by Crippen LogP contribution is -2.35. The minimum Gasteiger partial charge on any atom is -0.482 e. The molecule has 0 radical (unpaired) electrons. The summed E-state index contributed by atoms with van der Waals surface area (Å²) >= 11 is 0. The summed E-state index contributed by atoms with van der Waals surface area (Å²) in [7, 11) is 2.14. The van der Waals surface area contributed by atoms with Crippen molar-refractivity contribution < 1.29 is 13.5 Å². The van der Waals surface area contributed by atoms with Gasteiger partial charge in [0.25, 0.3) is 0 Å². The first kappa shape index (κ1) is 24.1. The van der Waals surface area contributed by atoms with Crippen molar-refractivity contribution in [3.8, 4) is 17.0 Å². The Hall–Kier alpha value is -3.59. The van der Waals surface area contributed by atoms with Gasteiger partial charge in [-0.3, -0.25) is 4.98 Å². The molecule has 0 spiro atoms. The molecule has 188 valence electrons. The lowest BCUT2D eigenvalue weighted by Gasteiger charge is -2.36. The van der Waals surface area contributed by atoms with Gasteiger partial charge in [-0.15, -0.1) is 0 Å². The van der Waals surface area contributed by atoms with Gasteiger partial charge in [-0.25, -0.2) is 18.7 Å². The summed E-state index contributed by atoms with van der Waals surface area (Å²) < 4.78 is 35.4. The maximum Gasteiger partial charge on any atom is 0.227 e. The Bertz CT molecular complexity index is 1270. The number of piperidine rings is 1. The van der Waals surface area contributed by atoms with Crippen LogP contribution < -0.4 is 15.0 Å². The van der Waals surface area contributed by atoms with Crippen molar-refractivity contribution in [2.24, 2.45) is 0 Å².